The van der Waals surface area contributed by atoms with E-state index in [9.17, 15) is 0 Å². The Morgan fingerprint density at radius 1 is 1.18 bits per heavy atom. The number of nitrogens with one attached hydrogen (secondary N) is 1. The summed E-state index contributed by atoms with van der Waals surface area (Å²) in [5.74, 6) is 0. The van der Waals surface area contributed by atoms with Crippen molar-refractivity contribution in [3.05, 3.63) is 0 Å². The Kier molecular flexibility index (Phi) is 5.46. The van der Waals surface area contributed by atoms with E-state index in [-0.39, 0.29) is 0 Å². The maximum absolute atomic E-state index is 5.54. The van der Waals surface area contributed by atoms with Gasteiger partial charge in [-0.3, -0.25) is 0 Å². The minimum Gasteiger partial charge on any atom is -0.381 e. The largest absolute Gasteiger partial charge is 0.381 e. The Morgan fingerprint density at radius 2 is 1.76 bits per heavy atom. The zero-order chi connectivity index (χ0) is 12.9. The highest BCUT2D eigenvalue weighted by molar-refractivity contribution is 4.86. The molecule has 0 radical (unpaired) electrons. The molecule has 0 aliphatic carbocycles. The van der Waals surface area contributed by atoms with Crippen molar-refractivity contribution in [1.29, 1.82) is 0 Å². The summed E-state index contributed by atoms with van der Waals surface area (Å²) in [6.45, 7) is 14.5. The lowest BCUT2D eigenvalue weighted by atomic mass is 9.72. The first kappa shape index (κ1) is 15.0. The van der Waals surface area contributed by atoms with Crippen molar-refractivity contribution in [3.63, 3.8) is 0 Å². The molecule has 0 aromatic carbocycles. The van der Waals surface area contributed by atoms with Crippen LogP contribution in [0.15, 0.2) is 0 Å². The number of rotatable bonds is 5. The molecule has 2 heteroatoms. The van der Waals surface area contributed by atoms with Gasteiger partial charge in [0.05, 0.1) is 0 Å². The highest BCUT2D eigenvalue weighted by atomic mass is 16.5. The summed E-state index contributed by atoms with van der Waals surface area (Å²) in [5.41, 5.74) is 0.929. The van der Waals surface area contributed by atoms with Gasteiger partial charge in [-0.05, 0) is 36.5 Å². The van der Waals surface area contributed by atoms with Crippen LogP contribution in [0.3, 0.4) is 0 Å². The van der Waals surface area contributed by atoms with E-state index in [2.05, 4.69) is 39.9 Å². The quantitative estimate of drug-likeness (QED) is 0.794. The van der Waals surface area contributed by atoms with Crippen LogP contribution in [-0.4, -0.2) is 25.8 Å². The zero-order valence-electron chi connectivity index (χ0n) is 12.4. The summed E-state index contributed by atoms with van der Waals surface area (Å²) in [6, 6.07) is 0.587. The van der Waals surface area contributed by atoms with Gasteiger partial charge in [0.1, 0.15) is 0 Å². The van der Waals surface area contributed by atoms with Crippen LogP contribution in [0.1, 0.15) is 60.3 Å². The van der Waals surface area contributed by atoms with E-state index in [1.165, 1.54) is 25.7 Å². The predicted molar refractivity (Wildman–Crippen MR) is 74.3 cm³/mol. The molecule has 0 unspecified atom stereocenters. The van der Waals surface area contributed by atoms with Crippen LogP contribution in [0.5, 0.6) is 0 Å². The molecule has 1 heterocycles. The third kappa shape index (κ3) is 5.87. The molecule has 2 nitrogen and oxygen atoms in total. The molecule has 1 N–H and O–H groups in total. The molecule has 0 amide bonds. The summed E-state index contributed by atoms with van der Waals surface area (Å²) in [5, 5.41) is 3.64. The highest BCUT2D eigenvalue weighted by Crippen LogP contribution is 2.38. The molecule has 1 rings (SSSR count). The smallest absolute Gasteiger partial charge is 0.0471 e. The first-order valence-corrected chi connectivity index (χ1v) is 7.14. The van der Waals surface area contributed by atoms with Crippen LogP contribution >= 0.6 is 0 Å². The van der Waals surface area contributed by atoms with Crippen LogP contribution in [0.25, 0.3) is 0 Å². The SMILES string of the molecule is CC(C)NCC1(CCC(C)(C)C)CCOCC1. The van der Waals surface area contributed by atoms with E-state index in [0.29, 0.717) is 16.9 Å². The normalized spacial score (nSPS) is 20.8. The summed E-state index contributed by atoms with van der Waals surface area (Å²) in [4.78, 5) is 0. The van der Waals surface area contributed by atoms with Crippen molar-refractivity contribution in [1.82, 2.24) is 5.32 Å². The van der Waals surface area contributed by atoms with E-state index >= 15 is 0 Å². The molecule has 0 bridgehead atoms. The van der Waals surface area contributed by atoms with Gasteiger partial charge in [0, 0.05) is 25.8 Å². The molecule has 1 aliphatic heterocycles. The minimum atomic E-state index is 0.448. The molecule has 1 fully saturated rings. The summed E-state index contributed by atoms with van der Waals surface area (Å²) in [6.07, 6.45) is 5.10. The van der Waals surface area contributed by atoms with E-state index in [0.717, 1.165) is 19.8 Å². The Balaban J connectivity index is 2.52. The molecule has 0 aromatic rings. The fraction of sp³-hybridized carbons (Fsp3) is 1.00. The molecule has 0 saturated carbocycles. The van der Waals surface area contributed by atoms with Gasteiger partial charge in [0.2, 0.25) is 0 Å². The topological polar surface area (TPSA) is 21.3 Å². The van der Waals surface area contributed by atoms with Gasteiger partial charge in [-0.25, -0.2) is 0 Å². The van der Waals surface area contributed by atoms with Gasteiger partial charge in [-0.2, -0.15) is 0 Å². The highest BCUT2D eigenvalue weighted by Gasteiger charge is 2.33. The summed E-state index contributed by atoms with van der Waals surface area (Å²) in [7, 11) is 0. The lowest BCUT2D eigenvalue weighted by Gasteiger charge is -2.39. The lowest BCUT2D eigenvalue weighted by Crippen LogP contribution is -2.42. The van der Waals surface area contributed by atoms with Crippen LogP contribution in [0.2, 0.25) is 0 Å². The number of hydrogen-bond acceptors (Lipinski definition) is 2. The second-order valence-electron chi connectivity index (χ2n) is 7.21. The average molecular weight is 241 g/mol. The molecule has 1 saturated heterocycles. The molecule has 0 aromatic heterocycles. The Bertz CT molecular complexity index is 211. The predicted octanol–water partition coefficient (Wildman–Crippen LogP) is 3.61. The Morgan fingerprint density at radius 3 is 2.24 bits per heavy atom. The van der Waals surface area contributed by atoms with Crippen molar-refractivity contribution >= 4 is 0 Å². The van der Waals surface area contributed by atoms with Crippen molar-refractivity contribution in [2.75, 3.05) is 19.8 Å². The van der Waals surface area contributed by atoms with E-state index in [1.807, 2.05) is 0 Å². The summed E-state index contributed by atoms with van der Waals surface area (Å²) >= 11 is 0. The molecule has 0 spiro atoms. The molecular weight excluding hydrogens is 210 g/mol. The first-order chi connectivity index (χ1) is 7.83. The molecule has 1 aliphatic rings. The van der Waals surface area contributed by atoms with E-state index in [4.69, 9.17) is 4.74 Å². The van der Waals surface area contributed by atoms with Crippen molar-refractivity contribution in [2.24, 2.45) is 10.8 Å². The van der Waals surface area contributed by atoms with Crippen LogP contribution < -0.4 is 5.32 Å². The van der Waals surface area contributed by atoms with Gasteiger partial charge < -0.3 is 10.1 Å². The van der Waals surface area contributed by atoms with Gasteiger partial charge in [-0.1, -0.05) is 34.6 Å². The number of hydrogen-bond donors (Lipinski definition) is 1. The van der Waals surface area contributed by atoms with E-state index in [1.54, 1.807) is 0 Å². The maximum Gasteiger partial charge on any atom is 0.0471 e. The van der Waals surface area contributed by atoms with Gasteiger partial charge >= 0.3 is 0 Å². The van der Waals surface area contributed by atoms with Crippen LogP contribution in [-0.2, 0) is 4.74 Å². The molecule has 0 atom stereocenters. The average Bonchev–Trinajstić information content (AvgIpc) is 2.25. The first-order valence-electron chi connectivity index (χ1n) is 7.14. The second-order valence-corrected chi connectivity index (χ2v) is 7.21. The Hall–Kier alpha value is -0.0800. The second kappa shape index (κ2) is 6.19. The van der Waals surface area contributed by atoms with Gasteiger partial charge in [0.25, 0.3) is 0 Å². The molecule has 102 valence electrons. The maximum atomic E-state index is 5.54. The minimum absolute atomic E-state index is 0.448. The van der Waals surface area contributed by atoms with Crippen molar-refractivity contribution in [2.45, 2.75) is 66.3 Å². The molecular formula is C15H31NO. The Labute approximate surface area is 108 Å². The van der Waals surface area contributed by atoms with Gasteiger partial charge in [-0.15, -0.1) is 0 Å². The van der Waals surface area contributed by atoms with Crippen molar-refractivity contribution in [3.8, 4) is 0 Å². The van der Waals surface area contributed by atoms with Crippen LogP contribution in [0.4, 0.5) is 0 Å². The number of ether oxygens (including phenoxy) is 1. The third-order valence-corrected chi connectivity index (χ3v) is 3.84. The monoisotopic (exact) mass is 241 g/mol. The van der Waals surface area contributed by atoms with Crippen molar-refractivity contribution < 1.29 is 4.74 Å². The fourth-order valence-electron chi connectivity index (χ4n) is 2.38. The standard InChI is InChI=1S/C15H31NO/c1-13(2)16-12-15(7-6-14(3,4)5)8-10-17-11-9-15/h13,16H,6-12H2,1-5H3. The van der Waals surface area contributed by atoms with Crippen LogP contribution in [0, 0.1) is 10.8 Å². The summed E-state index contributed by atoms with van der Waals surface area (Å²) < 4.78 is 5.54. The third-order valence-electron chi connectivity index (χ3n) is 3.84. The van der Waals surface area contributed by atoms with Gasteiger partial charge in [0.15, 0.2) is 0 Å². The molecule has 17 heavy (non-hydrogen) atoms. The lowest BCUT2D eigenvalue weighted by molar-refractivity contribution is 0.00434. The fourth-order valence-corrected chi connectivity index (χ4v) is 2.38. The zero-order valence-corrected chi connectivity index (χ0v) is 12.4. The van der Waals surface area contributed by atoms with E-state index < -0.39 is 0 Å².